The van der Waals surface area contributed by atoms with Crippen LogP contribution in [0.3, 0.4) is 0 Å². The molecule has 0 aromatic heterocycles. The first-order valence-electron chi connectivity index (χ1n) is 8.66. The molecule has 2 aromatic carbocycles. The van der Waals surface area contributed by atoms with E-state index in [0.717, 1.165) is 11.3 Å². The molecule has 1 aliphatic heterocycles. The summed E-state index contributed by atoms with van der Waals surface area (Å²) < 4.78 is 10.5. The highest BCUT2D eigenvalue weighted by Crippen LogP contribution is 2.28. The van der Waals surface area contributed by atoms with Gasteiger partial charge in [-0.2, -0.15) is 0 Å². The van der Waals surface area contributed by atoms with E-state index in [4.69, 9.17) is 9.47 Å². The van der Waals surface area contributed by atoms with Crippen molar-refractivity contribution in [2.75, 3.05) is 25.7 Å². The topological polar surface area (TPSA) is 67.9 Å². The zero-order valence-corrected chi connectivity index (χ0v) is 15.3. The monoisotopic (exact) mass is 366 g/mol. The number of benzene rings is 2. The minimum Gasteiger partial charge on any atom is -0.493 e. The van der Waals surface area contributed by atoms with E-state index in [2.05, 4.69) is 5.32 Å². The molecule has 27 heavy (non-hydrogen) atoms. The van der Waals surface area contributed by atoms with Crippen molar-refractivity contribution in [1.82, 2.24) is 5.32 Å². The fraction of sp³-hybridized carbons (Fsp3) is 0.238. The largest absolute Gasteiger partial charge is 0.493 e. The van der Waals surface area contributed by atoms with Gasteiger partial charge in [-0.05, 0) is 35.9 Å². The van der Waals surface area contributed by atoms with Crippen LogP contribution < -0.4 is 19.7 Å². The lowest BCUT2D eigenvalue weighted by molar-refractivity contribution is -0.117. The van der Waals surface area contributed by atoms with E-state index in [9.17, 15) is 9.59 Å². The van der Waals surface area contributed by atoms with Crippen molar-refractivity contribution in [3.63, 3.8) is 0 Å². The highest BCUT2D eigenvalue weighted by Gasteiger charge is 2.31. The molecule has 6 heteroatoms. The van der Waals surface area contributed by atoms with Crippen LogP contribution >= 0.6 is 0 Å². The van der Waals surface area contributed by atoms with Crippen molar-refractivity contribution < 1.29 is 19.1 Å². The van der Waals surface area contributed by atoms with E-state index in [-0.39, 0.29) is 17.9 Å². The molecule has 1 heterocycles. The van der Waals surface area contributed by atoms with Crippen LogP contribution in [0.25, 0.3) is 6.08 Å². The molecule has 6 nitrogen and oxygen atoms in total. The average Bonchev–Trinajstić information content (AvgIpc) is 3.06. The maximum atomic E-state index is 12.2. The zero-order valence-electron chi connectivity index (χ0n) is 15.3. The lowest BCUT2D eigenvalue weighted by Gasteiger charge is -2.16. The van der Waals surface area contributed by atoms with Crippen LogP contribution in [0.5, 0.6) is 11.5 Å². The van der Waals surface area contributed by atoms with Gasteiger partial charge in [0.05, 0.1) is 20.3 Å². The summed E-state index contributed by atoms with van der Waals surface area (Å²) in [6.07, 6.45) is 3.45. The van der Waals surface area contributed by atoms with Gasteiger partial charge in [-0.1, -0.05) is 24.3 Å². The van der Waals surface area contributed by atoms with Gasteiger partial charge in [-0.15, -0.1) is 0 Å². The smallest absolute Gasteiger partial charge is 0.244 e. The van der Waals surface area contributed by atoms with Gasteiger partial charge >= 0.3 is 0 Å². The van der Waals surface area contributed by atoms with E-state index in [1.165, 1.54) is 6.08 Å². The number of carbonyl (C=O) groups is 2. The van der Waals surface area contributed by atoms with Crippen molar-refractivity contribution >= 4 is 23.6 Å². The molecule has 2 aromatic rings. The third kappa shape index (κ3) is 4.47. The number of hydrogen-bond acceptors (Lipinski definition) is 4. The van der Waals surface area contributed by atoms with Crippen LogP contribution in [-0.2, 0) is 9.59 Å². The number of nitrogens with zero attached hydrogens (tertiary/aromatic N) is 1. The molecular formula is C21H22N2O4. The SMILES string of the molecule is COc1ccc(/C=C\C(=O)N[C@H]2CC(=O)N(c3ccccc3)C2)cc1OC. The lowest BCUT2D eigenvalue weighted by Crippen LogP contribution is -2.36. The Morgan fingerprint density at radius 3 is 2.56 bits per heavy atom. The van der Waals surface area contributed by atoms with Gasteiger partial charge in [-0.25, -0.2) is 0 Å². The first-order chi connectivity index (χ1) is 13.1. The maximum Gasteiger partial charge on any atom is 0.244 e. The Hall–Kier alpha value is -3.28. The Bertz CT molecular complexity index is 849. The number of carbonyl (C=O) groups excluding carboxylic acids is 2. The Labute approximate surface area is 158 Å². The minimum absolute atomic E-state index is 0.00960. The summed E-state index contributed by atoms with van der Waals surface area (Å²) in [4.78, 5) is 26.1. The van der Waals surface area contributed by atoms with Crippen LogP contribution in [-0.4, -0.2) is 38.6 Å². The predicted octanol–water partition coefficient (Wildman–Crippen LogP) is 2.64. The van der Waals surface area contributed by atoms with Crippen LogP contribution in [0.15, 0.2) is 54.6 Å². The Balaban J connectivity index is 1.60. The number of anilines is 1. The van der Waals surface area contributed by atoms with Gasteiger partial charge in [-0.3, -0.25) is 9.59 Å². The highest BCUT2D eigenvalue weighted by atomic mass is 16.5. The number of hydrogen-bond donors (Lipinski definition) is 1. The molecule has 1 saturated heterocycles. The van der Waals surface area contributed by atoms with Crippen LogP contribution in [0.4, 0.5) is 5.69 Å². The average molecular weight is 366 g/mol. The number of rotatable bonds is 6. The number of methoxy groups -OCH3 is 2. The number of nitrogens with one attached hydrogen (secondary N) is 1. The molecule has 1 aliphatic rings. The second kappa shape index (κ2) is 8.40. The quantitative estimate of drug-likeness (QED) is 0.798. The fourth-order valence-corrected chi connectivity index (χ4v) is 3.04. The molecule has 1 atom stereocenters. The molecule has 0 radical (unpaired) electrons. The third-order valence-electron chi connectivity index (χ3n) is 4.37. The highest BCUT2D eigenvalue weighted by molar-refractivity contribution is 5.98. The molecule has 0 bridgehead atoms. The van der Waals surface area contributed by atoms with Crippen LogP contribution in [0.1, 0.15) is 12.0 Å². The summed E-state index contributed by atoms with van der Waals surface area (Å²) in [5.74, 6) is 0.998. The van der Waals surface area contributed by atoms with E-state index in [1.54, 1.807) is 37.3 Å². The molecule has 140 valence electrons. The summed E-state index contributed by atoms with van der Waals surface area (Å²) in [7, 11) is 3.14. The predicted molar refractivity (Wildman–Crippen MR) is 104 cm³/mol. The summed E-state index contributed by atoms with van der Waals surface area (Å²) in [6.45, 7) is 0.471. The Morgan fingerprint density at radius 1 is 1.11 bits per heavy atom. The summed E-state index contributed by atoms with van der Waals surface area (Å²) in [6, 6.07) is 14.7. The van der Waals surface area contributed by atoms with Crippen molar-refractivity contribution in [2.24, 2.45) is 0 Å². The van der Waals surface area contributed by atoms with Gasteiger partial charge in [0.2, 0.25) is 11.8 Å². The minimum atomic E-state index is -0.238. The van der Waals surface area contributed by atoms with E-state index >= 15 is 0 Å². The van der Waals surface area contributed by atoms with Crippen molar-refractivity contribution in [2.45, 2.75) is 12.5 Å². The second-order valence-corrected chi connectivity index (χ2v) is 6.20. The standard InChI is InChI=1S/C21H22N2O4/c1-26-18-10-8-15(12-19(18)27-2)9-11-20(24)22-16-13-21(25)23(14-16)17-6-4-3-5-7-17/h3-12,16H,13-14H2,1-2H3,(H,22,24)/b11-9-/t16-/m0/s1. The molecule has 0 unspecified atom stereocenters. The molecule has 1 fully saturated rings. The van der Waals surface area contributed by atoms with Crippen molar-refractivity contribution in [3.05, 3.63) is 60.2 Å². The fourth-order valence-electron chi connectivity index (χ4n) is 3.04. The zero-order chi connectivity index (χ0) is 19.2. The van der Waals surface area contributed by atoms with Crippen LogP contribution in [0.2, 0.25) is 0 Å². The number of amides is 2. The van der Waals surface area contributed by atoms with Gasteiger partial charge in [0.15, 0.2) is 11.5 Å². The number of ether oxygens (including phenoxy) is 2. The third-order valence-corrected chi connectivity index (χ3v) is 4.37. The molecular weight excluding hydrogens is 344 g/mol. The van der Waals surface area contributed by atoms with Crippen LogP contribution in [0, 0.1) is 0 Å². The number of para-hydroxylation sites is 1. The molecule has 0 aliphatic carbocycles. The van der Waals surface area contributed by atoms with Gasteiger partial charge in [0.1, 0.15) is 0 Å². The van der Waals surface area contributed by atoms with Gasteiger partial charge < -0.3 is 19.7 Å². The first kappa shape index (κ1) is 18.5. The first-order valence-corrected chi connectivity index (χ1v) is 8.66. The van der Waals surface area contributed by atoms with E-state index in [0.29, 0.717) is 24.5 Å². The molecule has 0 spiro atoms. The van der Waals surface area contributed by atoms with Crippen molar-refractivity contribution in [3.8, 4) is 11.5 Å². The normalized spacial score (nSPS) is 16.6. The molecule has 2 amide bonds. The Kier molecular flexibility index (Phi) is 5.76. The van der Waals surface area contributed by atoms with Gasteiger partial charge in [0, 0.05) is 24.7 Å². The lowest BCUT2D eigenvalue weighted by atomic mass is 10.2. The molecule has 0 saturated carbocycles. The van der Waals surface area contributed by atoms with Gasteiger partial charge in [0.25, 0.3) is 0 Å². The molecule has 1 N–H and O–H groups in total. The van der Waals surface area contributed by atoms with Crippen molar-refractivity contribution in [1.29, 1.82) is 0 Å². The Morgan fingerprint density at radius 2 is 1.85 bits per heavy atom. The van der Waals surface area contributed by atoms with E-state index in [1.807, 2.05) is 36.4 Å². The maximum absolute atomic E-state index is 12.2. The summed E-state index contributed by atoms with van der Waals surface area (Å²) >= 11 is 0. The van der Waals surface area contributed by atoms with E-state index < -0.39 is 0 Å². The second-order valence-electron chi connectivity index (χ2n) is 6.20. The summed E-state index contributed by atoms with van der Waals surface area (Å²) in [5, 5.41) is 2.89. The molecule has 3 rings (SSSR count). The summed E-state index contributed by atoms with van der Waals surface area (Å²) in [5.41, 5.74) is 1.66.